The first kappa shape index (κ1) is 17.1. The van der Waals surface area contributed by atoms with E-state index in [9.17, 15) is 4.79 Å². The van der Waals surface area contributed by atoms with Gasteiger partial charge < -0.3 is 14.4 Å². The zero-order valence-electron chi connectivity index (χ0n) is 12.7. The van der Waals surface area contributed by atoms with E-state index in [0.717, 1.165) is 41.5 Å². The molecule has 1 aromatic rings. The van der Waals surface area contributed by atoms with Crippen LogP contribution in [0.1, 0.15) is 41.6 Å². The van der Waals surface area contributed by atoms with E-state index in [4.69, 9.17) is 9.47 Å². The Bertz CT molecular complexity index is 407. The molecule has 0 fully saturated rings. The zero-order chi connectivity index (χ0) is 15.0. The summed E-state index contributed by atoms with van der Waals surface area (Å²) in [5.41, 5.74) is 0.883. The van der Waals surface area contributed by atoms with E-state index >= 15 is 0 Å². The van der Waals surface area contributed by atoms with Crippen LogP contribution in [0.25, 0.3) is 0 Å². The Morgan fingerprint density at radius 1 is 1.25 bits per heavy atom. The summed E-state index contributed by atoms with van der Waals surface area (Å²) in [5.74, 6) is 0.253. The van der Waals surface area contributed by atoms with E-state index in [1.807, 2.05) is 0 Å². The molecule has 0 saturated heterocycles. The number of methoxy groups -OCH3 is 2. The molecule has 20 heavy (non-hydrogen) atoms. The molecule has 5 nitrogen and oxygen atoms in total. The Morgan fingerprint density at radius 2 is 1.95 bits per heavy atom. The van der Waals surface area contributed by atoms with E-state index in [2.05, 4.69) is 23.7 Å². The molecule has 0 unspecified atom stereocenters. The Morgan fingerprint density at radius 3 is 2.45 bits per heavy atom. The number of hydrogen-bond acceptors (Lipinski definition) is 6. The summed E-state index contributed by atoms with van der Waals surface area (Å²) in [6.45, 7) is 7.07. The van der Waals surface area contributed by atoms with Crippen molar-refractivity contribution in [3.05, 3.63) is 10.6 Å². The molecule has 0 N–H and O–H groups in total. The Hall–Kier alpha value is -0.980. The monoisotopic (exact) mass is 300 g/mol. The number of rotatable bonds is 10. The van der Waals surface area contributed by atoms with Gasteiger partial charge in [-0.15, -0.1) is 0 Å². The molecule has 0 aliphatic rings. The first-order chi connectivity index (χ1) is 9.63. The second-order valence-electron chi connectivity index (χ2n) is 4.84. The number of aromatic nitrogens is 1. The van der Waals surface area contributed by atoms with Crippen molar-refractivity contribution in [2.24, 2.45) is 0 Å². The van der Waals surface area contributed by atoms with Crippen LogP contribution in [0.3, 0.4) is 0 Å². The van der Waals surface area contributed by atoms with Gasteiger partial charge in [-0.05, 0) is 12.3 Å². The number of anilines is 1. The summed E-state index contributed by atoms with van der Waals surface area (Å²) in [4.78, 5) is 18.7. The zero-order valence-corrected chi connectivity index (χ0v) is 13.5. The van der Waals surface area contributed by atoms with Crippen LogP contribution in [0.4, 0.5) is 5.13 Å². The van der Waals surface area contributed by atoms with Crippen molar-refractivity contribution in [2.45, 2.75) is 26.2 Å². The molecule has 0 amide bonds. The van der Waals surface area contributed by atoms with Crippen LogP contribution in [0.2, 0.25) is 0 Å². The summed E-state index contributed by atoms with van der Waals surface area (Å²) < 4.78 is 10.2. The second-order valence-corrected chi connectivity index (χ2v) is 5.85. The average molecular weight is 300 g/mol. The number of carbonyl (C=O) groups is 1. The highest BCUT2D eigenvalue weighted by molar-refractivity contribution is 7.17. The Balaban J connectivity index is 2.85. The maximum atomic E-state index is 11.1. The standard InChI is InChI=1S/C14H24N2O3S/c1-11(2)13-12(10-17)20-14(15-13)16(7-9-19-4)6-5-8-18-3/h10-11H,5-9H2,1-4H3. The molecule has 114 valence electrons. The summed E-state index contributed by atoms with van der Waals surface area (Å²) >= 11 is 1.45. The number of carbonyl (C=O) groups excluding carboxylic acids is 1. The minimum atomic E-state index is 0.253. The van der Waals surface area contributed by atoms with Crippen molar-refractivity contribution in [3.63, 3.8) is 0 Å². The number of aldehydes is 1. The van der Waals surface area contributed by atoms with Crippen LogP contribution in [-0.2, 0) is 9.47 Å². The minimum Gasteiger partial charge on any atom is -0.385 e. The van der Waals surface area contributed by atoms with Crippen molar-refractivity contribution in [1.82, 2.24) is 4.98 Å². The lowest BCUT2D eigenvalue weighted by molar-refractivity contribution is 0.112. The molecule has 1 heterocycles. The van der Waals surface area contributed by atoms with Crippen molar-refractivity contribution in [1.29, 1.82) is 0 Å². The highest BCUT2D eigenvalue weighted by atomic mass is 32.1. The smallest absolute Gasteiger partial charge is 0.186 e. The van der Waals surface area contributed by atoms with Crippen LogP contribution in [0.5, 0.6) is 0 Å². The topological polar surface area (TPSA) is 51.7 Å². The lowest BCUT2D eigenvalue weighted by atomic mass is 10.1. The fraction of sp³-hybridized carbons (Fsp3) is 0.714. The molecule has 1 aromatic heterocycles. The lowest BCUT2D eigenvalue weighted by Gasteiger charge is -2.21. The third-order valence-corrected chi connectivity index (χ3v) is 3.99. The molecule has 0 atom stereocenters. The van der Waals surface area contributed by atoms with Gasteiger partial charge in [-0.25, -0.2) is 4.98 Å². The van der Waals surface area contributed by atoms with E-state index in [-0.39, 0.29) is 5.92 Å². The second kappa shape index (κ2) is 9.05. The molecule has 0 aliphatic carbocycles. The van der Waals surface area contributed by atoms with Gasteiger partial charge in [-0.1, -0.05) is 25.2 Å². The van der Waals surface area contributed by atoms with E-state index in [1.165, 1.54) is 11.3 Å². The molecule has 0 aromatic carbocycles. The molecule has 6 heteroatoms. The third-order valence-electron chi connectivity index (χ3n) is 2.94. The molecule has 0 radical (unpaired) electrons. The van der Waals surface area contributed by atoms with Gasteiger partial charge in [0.25, 0.3) is 0 Å². The lowest BCUT2D eigenvalue weighted by Crippen LogP contribution is -2.29. The summed E-state index contributed by atoms with van der Waals surface area (Å²) in [7, 11) is 3.38. The molecular weight excluding hydrogens is 276 g/mol. The first-order valence-electron chi connectivity index (χ1n) is 6.82. The molecule has 0 spiro atoms. The van der Waals surface area contributed by atoms with Gasteiger partial charge in [-0.3, -0.25) is 4.79 Å². The van der Waals surface area contributed by atoms with Gasteiger partial charge >= 0.3 is 0 Å². The van der Waals surface area contributed by atoms with E-state index < -0.39 is 0 Å². The molecule has 0 aliphatic heterocycles. The van der Waals surface area contributed by atoms with Gasteiger partial charge in [0, 0.05) is 33.9 Å². The van der Waals surface area contributed by atoms with Gasteiger partial charge in [0.15, 0.2) is 11.4 Å². The molecule has 0 saturated carbocycles. The van der Waals surface area contributed by atoms with Gasteiger partial charge in [-0.2, -0.15) is 0 Å². The fourth-order valence-corrected chi connectivity index (χ4v) is 2.96. The maximum absolute atomic E-state index is 11.1. The van der Waals surface area contributed by atoms with E-state index in [1.54, 1.807) is 14.2 Å². The SMILES string of the molecule is COCCCN(CCOC)c1nc(C(C)C)c(C=O)s1. The van der Waals surface area contributed by atoms with Crippen molar-refractivity contribution in [2.75, 3.05) is 45.4 Å². The number of ether oxygens (including phenoxy) is 2. The number of thiazole rings is 1. The van der Waals surface area contributed by atoms with Crippen molar-refractivity contribution >= 4 is 22.8 Å². The predicted molar refractivity (Wildman–Crippen MR) is 82.2 cm³/mol. The minimum absolute atomic E-state index is 0.253. The van der Waals surface area contributed by atoms with E-state index in [0.29, 0.717) is 13.2 Å². The quantitative estimate of drug-likeness (QED) is 0.491. The third kappa shape index (κ3) is 4.85. The Kier molecular flexibility index (Phi) is 7.72. The first-order valence-corrected chi connectivity index (χ1v) is 7.64. The van der Waals surface area contributed by atoms with Crippen LogP contribution in [0, 0.1) is 0 Å². The number of hydrogen-bond donors (Lipinski definition) is 0. The van der Waals surface area contributed by atoms with Crippen molar-refractivity contribution in [3.8, 4) is 0 Å². The predicted octanol–water partition coefficient (Wildman–Crippen LogP) is 2.57. The molecular formula is C14H24N2O3S. The molecule has 1 rings (SSSR count). The Labute approximate surface area is 124 Å². The normalized spacial score (nSPS) is 11.1. The highest BCUT2D eigenvalue weighted by Crippen LogP contribution is 2.29. The summed E-state index contributed by atoms with van der Waals surface area (Å²) in [6.07, 6.45) is 1.83. The van der Waals surface area contributed by atoms with Crippen LogP contribution in [0.15, 0.2) is 0 Å². The fourth-order valence-electron chi connectivity index (χ4n) is 1.87. The molecule has 0 bridgehead atoms. The van der Waals surface area contributed by atoms with Crippen LogP contribution in [-0.4, -0.2) is 51.8 Å². The van der Waals surface area contributed by atoms with Crippen LogP contribution < -0.4 is 4.90 Å². The van der Waals surface area contributed by atoms with Crippen molar-refractivity contribution < 1.29 is 14.3 Å². The summed E-state index contributed by atoms with van der Waals surface area (Å²) in [6, 6.07) is 0. The average Bonchev–Trinajstić information content (AvgIpc) is 2.87. The van der Waals surface area contributed by atoms with Gasteiger partial charge in [0.2, 0.25) is 0 Å². The highest BCUT2D eigenvalue weighted by Gasteiger charge is 2.17. The summed E-state index contributed by atoms with van der Waals surface area (Å²) in [5, 5.41) is 0.893. The maximum Gasteiger partial charge on any atom is 0.186 e. The van der Waals surface area contributed by atoms with Crippen LogP contribution >= 0.6 is 11.3 Å². The van der Waals surface area contributed by atoms with Gasteiger partial charge in [0.05, 0.1) is 17.2 Å². The number of nitrogens with zero attached hydrogens (tertiary/aromatic N) is 2. The largest absolute Gasteiger partial charge is 0.385 e. The van der Waals surface area contributed by atoms with Gasteiger partial charge in [0.1, 0.15) is 0 Å².